The second kappa shape index (κ2) is 10.9. The van der Waals surface area contributed by atoms with E-state index in [4.69, 9.17) is 4.74 Å². The number of aryl methyl sites for hydroxylation is 1. The van der Waals surface area contributed by atoms with Crippen molar-refractivity contribution in [2.24, 2.45) is 4.99 Å². The van der Waals surface area contributed by atoms with Gasteiger partial charge in [0.05, 0.1) is 24.6 Å². The molecule has 0 aliphatic heterocycles. The maximum atomic E-state index is 11.6. The average molecular weight is 433 g/mol. The first-order chi connectivity index (χ1) is 14.2. The van der Waals surface area contributed by atoms with Crippen LogP contribution in [-0.2, 0) is 23.1 Å². The molecule has 0 aliphatic carbocycles. The van der Waals surface area contributed by atoms with Gasteiger partial charge in [0, 0.05) is 18.7 Å². The van der Waals surface area contributed by atoms with Gasteiger partial charge in [0.2, 0.25) is 10.0 Å². The van der Waals surface area contributed by atoms with Crippen molar-refractivity contribution in [3.8, 4) is 5.75 Å². The minimum atomic E-state index is -3.35. The highest BCUT2D eigenvalue weighted by molar-refractivity contribution is 7.92. The Bertz CT molecular complexity index is 972. The Morgan fingerprint density at radius 2 is 1.83 bits per heavy atom. The lowest BCUT2D eigenvalue weighted by molar-refractivity contribution is 0.240. The molecule has 0 aromatic heterocycles. The molecule has 0 aliphatic rings. The van der Waals surface area contributed by atoms with Crippen molar-refractivity contribution < 1.29 is 13.2 Å². The fourth-order valence-electron chi connectivity index (χ4n) is 2.81. The Labute approximate surface area is 180 Å². The van der Waals surface area contributed by atoms with E-state index in [0.717, 1.165) is 28.7 Å². The molecule has 0 saturated heterocycles. The van der Waals surface area contributed by atoms with Gasteiger partial charge in [-0.3, -0.25) is 4.72 Å². The fourth-order valence-corrected chi connectivity index (χ4v) is 3.41. The zero-order chi connectivity index (χ0) is 22.1. The number of sulfonamides is 1. The Morgan fingerprint density at radius 1 is 1.10 bits per heavy atom. The summed E-state index contributed by atoms with van der Waals surface area (Å²) in [5, 5.41) is 6.49. The van der Waals surface area contributed by atoms with E-state index in [9.17, 15) is 8.42 Å². The summed E-state index contributed by atoms with van der Waals surface area (Å²) >= 11 is 0. The van der Waals surface area contributed by atoms with E-state index in [1.54, 1.807) is 12.1 Å². The molecule has 164 valence electrons. The van der Waals surface area contributed by atoms with Crippen LogP contribution >= 0.6 is 0 Å². The Kier molecular flexibility index (Phi) is 8.53. The third-order valence-corrected chi connectivity index (χ3v) is 4.69. The summed E-state index contributed by atoms with van der Waals surface area (Å²) in [6.45, 7) is 9.63. The van der Waals surface area contributed by atoms with Crippen LogP contribution in [0.25, 0.3) is 0 Å². The van der Waals surface area contributed by atoms with Gasteiger partial charge in [-0.05, 0) is 51.0 Å². The number of nitrogens with one attached hydrogen (secondary N) is 3. The first-order valence-corrected chi connectivity index (χ1v) is 11.9. The normalized spacial score (nSPS) is 12.0. The number of benzene rings is 2. The highest BCUT2D eigenvalue weighted by Crippen LogP contribution is 2.22. The van der Waals surface area contributed by atoms with Gasteiger partial charge in [-0.2, -0.15) is 0 Å². The number of hydrogen-bond donors (Lipinski definition) is 3. The van der Waals surface area contributed by atoms with Gasteiger partial charge in [-0.25, -0.2) is 13.4 Å². The number of anilines is 1. The first-order valence-electron chi connectivity index (χ1n) is 10.0. The van der Waals surface area contributed by atoms with E-state index in [1.807, 2.05) is 58.0 Å². The van der Waals surface area contributed by atoms with Crippen LogP contribution in [0.5, 0.6) is 5.75 Å². The van der Waals surface area contributed by atoms with Crippen LogP contribution in [-0.4, -0.2) is 33.3 Å². The van der Waals surface area contributed by atoms with Gasteiger partial charge in [0.25, 0.3) is 0 Å². The Morgan fingerprint density at radius 3 is 2.50 bits per heavy atom. The number of para-hydroxylation sites is 1. The molecular formula is C22H32N4O3S. The van der Waals surface area contributed by atoms with E-state index in [2.05, 4.69) is 20.3 Å². The maximum Gasteiger partial charge on any atom is 0.229 e. The molecule has 0 fully saturated rings. The monoisotopic (exact) mass is 432 g/mol. The molecule has 0 amide bonds. The van der Waals surface area contributed by atoms with Gasteiger partial charge in [-0.1, -0.05) is 30.3 Å². The topological polar surface area (TPSA) is 91.8 Å². The van der Waals surface area contributed by atoms with Crippen molar-refractivity contribution in [3.63, 3.8) is 0 Å². The molecule has 0 spiro atoms. The zero-order valence-electron chi connectivity index (χ0n) is 18.3. The molecule has 0 atom stereocenters. The van der Waals surface area contributed by atoms with Crippen LogP contribution in [0.3, 0.4) is 0 Å². The molecule has 7 nitrogen and oxygen atoms in total. The lowest BCUT2D eigenvalue weighted by Crippen LogP contribution is -2.37. The lowest BCUT2D eigenvalue weighted by Gasteiger charge is -2.16. The maximum absolute atomic E-state index is 11.6. The van der Waals surface area contributed by atoms with Gasteiger partial charge < -0.3 is 15.4 Å². The summed E-state index contributed by atoms with van der Waals surface area (Å²) < 4.78 is 31.7. The molecule has 0 heterocycles. The summed E-state index contributed by atoms with van der Waals surface area (Å²) in [7, 11) is -3.35. The van der Waals surface area contributed by atoms with Crippen LogP contribution in [0.15, 0.2) is 47.5 Å². The number of hydrogen-bond acceptors (Lipinski definition) is 4. The van der Waals surface area contributed by atoms with Gasteiger partial charge in [0.15, 0.2) is 5.96 Å². The number of guanidine groups is 1. The Hall–Kier alpha value is -2.74. The predicted octanol–water partition coefficient (Wildman–Crippen LogP) is 3.41. The third-order valence-electron chi connectivity index (χ3n) is 4.10. The van der Waals surface area contributed by atoms with Crippen molar-refractivity contribution in [1.29, 1.82) is 0 Å². The quantitative estimate of drug-likeness (QED) is 0.417. The summed E-state index contributed by atoms with van der Waals surface area (Å²) in [4.78, 5) is 4.68. The minimum absolute atomic E-state index is 0.0831. The predicted molar refractivity (Wildman–Crippen MR) is 124 cm³/mol. The highest BCUT2D eigenvalue weighted by Gasteiger charge is 2.09. The lowest BCUT2D eigenvalue weighted by atomic mass is 10.1. The molecule has 30 heavy (non-hydrogen) atoms. The van der Waals surface area contributed by atoms with E-state index >= 15 is 0 Å². The van der Waals surface area contributed by atoms with Crippen LogP contribution in [0.4, 0.5) is 5.69 Å². The van der Waals surface area contributed by atoms with Crippen LogP contribution < -0.4 is 20.1 Å². The molecule has 2 aromatic carbocycles. The molecule has 0 bridgehead atoms. The first kappa shape index (κ1) is 23.5. The largest absolute Gasteiger partial charge is 0.491 e. The number of aliphatic imine (C=N–C) groups is 1. The van der Waals surface area contributed by atoms with Gasteiger partial charge in [-0.15, -0.1) is 0 Å². The van der Waals surface area contributed by atoms with Crippen LogP contribution in [0, 0.1) is 6.92 Å². The fraction of sp³-hybridized carbons (Fsp3) is 0.409. The van der Waals surface area contributed by atoms with Crippen LogP contribution in [0.1, 0.15) is 37.5 Å². The average Bonchev–Trinajstić information content (AvgIpc) is 2.64. The van der Waals surface area contributed by atoms with Crippen molar-refractivity contribution in [1.82, 2.24) is 10.6 Å². The van der Waals surface area contributed by atoms with Crippen molar-refractivity contribution in [3.05, 3.63) is 59.2 Å². The standard InChI is InChI=1S/C22H32N4O3S/c1-6-23-22(24-14-18-9-7-8-10-20(18)26-30(5,27)28)25-15-19-12-11-17(4)13-21(19)29-16(2)3/h7-13,16,26H,6,14-15H2,1-5H3,(H2,23,24,25). The summed E-state index contributed by atoms with van der Waals surface area (Å²) in [5.41, 5.74) is 3.52. The zero-order valence-corrected chi connectivity index (χ0v) is 19.1. The second-order valence-electron chi connectivity index (χ2n) is 7.36. The summed E-state index contributed by atoms with van der Waals surface area (Å²) in [6.07, 6.45) is 1.22. The molecular weight excluding hydrogens is 400 g/mol. The number of rotatable bonds is 9. The number of ether oxygens (including phenoxy) is 1. The second-order valence-corrected chi connectivity index (χ2v) is 9.11. The van der Waals surface area contributed by atoms with E-state index in [-0.39, 0.29) is 6.10 Å². The summed E-state index contributed by atoms with van der Waals surface area (Å²) in [5.74, 6) is 1.48. The van der Waals surface area contributed by atoms with E-state index in [1.165, 1.54) is 0 Å². The number of nitrogens with zero attached hydrogens (tertiary/aromatic N) is 1. The SMILES string of the molecule is CCNC(=NCc1ccc(C)cc1OC(C)C)NCc1ccccc1NS(C)(=O)=O. The van der Waals surface area contributed by atoms with Crippen molar-refractivity contribution in [2.45, 2.75) is 46.9 Å². The third kappa shape index (κ3) is 7.94. The van der Waals surface area contributed by atoms with Crippen LogP contribution in [0.2, 0.25) is 0 Å². The molecule has 8 heteroatoms. The Balaban J connectivity index is 2.15. The highest BCUT2D eigenvalue weighted by atomic mass is 32.2. The minimum Gasteiger partial charge on any atom is -0.491 e. The molecule has 3 N–H and O–H groups in total. The van der Waals surface area contributed by atoms with E-state index < -0.39 is 10.0 Å². The van der Waals surface area contributed by atoms with E-state index in [0.29, 0.717) is 31.3 Å². The molecule has 2 rings (SSSR count). The molecule has 2 aromatic rings. The van der Waals surface area contributed by atoms with Gasteiger partial charge in [0.1, 0.15) is 5.75 Å². The van der Waals surface area contributed by atoms with Crippen molar-refractivity contribution >= 4 is 21.7 Å². The molecule has 0 saturated carbocycles. The summed E-state index contributed by atoms with van der Waals surface area (Å²) in [6, 6.07) is 13.4. The van der Waals surface area contributed by atoms with Crippen molar-refractivity contribution in [2.75, 3.05) is 17.5 Å². The molecule has 0 unspecified atom stereocenters. The molecule has 0 radical (unpaired) electrons. The van der Waals surface area contributed by atoms with Gasteiger partial charge >= 0.3 is 0 Å². The smallest absolute Gasteiger partial charge is 0.229 e.